The Labute approximate surface area is 105 Å². The summed E-state index contributed by atoms with van der Waals surface area (Å²) < 4.78 is 0. The summed E-state index contributed by atoms with van der Waals surface area (Å²) in [4.78, 5) is 0. The quantitative estimate of drug-likeness (QED) is 0.837. The van der Waals surface area contributed by atoms with Crippen LogP contribution in [-0.4, -0.2) is 12.6 Å². The van der Waals surface area contributed by atoms with E-state index in [0.29, 0.717) is 6.04 Å². The molecule has 1 aromatic carbocycles. The highest BCUT2D eigenvalue weighted by Gasteiger charge is 2.21. The van der Waals surface area contributed by atoms with Gasteiger partial charge in [0.1, 0.15) is 0 Å². The van der Waals surface area contributed by atoms with Gasteiger partial charge in [0, 0.05) is 18.6 Å². The number of hydrogen-bond acceptors (Lipinski definition) is 2. The Morgan fingerprint density at radius 2 is 2.00 bits per heavy atom. The van der Waals surface area contributed by atoms with Gasteiger partial charge in [0.05, 0.1) is 0 Å². The molecule has 1 aliphatic rings. The molecule has 0 saturated heterocycles. The molecular weight excluding hydrogens is 208 g/mol. The van der Waals surface area contributed by atoms with E-state index in [1.54, 1.807) is 0 Å². The van der Waals surface area contributed by atoms with Gasteiger partial charge < -0.3 is 11.1 Å². The first-order valence-electron chi connectivity index (χ1n) is 6.70. The Morgan fingerprint density at radius 1 is 1.29 bits per heavy atom. The van der Waals surface area contributed by atoms with Crippen molar-refractivity contribution in [1.29, 1.82) is 0 Å². The second-order valence-corrected chi connectivity index (χ2v) is 5.54. The standard InChI is InChI=1S/C15H24N2/c1-11-3-6-13(7-4-11)15(16)10-17-14-8-5-12(2)9-14/h3-4,6-7,12,14-15,17H,5,8-10,16H2,1-2H3. The van der Waals surface area contributed by atoms with E-state index >= 15 is 0 Å². The minimum atomic E-state index is 0.117. The fourth-order valence-corrected chi connectivity index (χ4v) is 2.62. The van der Waals surface area contributed by atoms with Crippen molar-refractivity contribution in [3.8, 4) is 0 Å². The molecule has 2 heteroatoms. The lowest BCUT2D eigenvalue weighted by atomic mass is 10.1. The first kappa shape index (κ1) is 12.6. The minimum Gasteiger partial charge on any atom is -0.323 e. The van der Waals surface area contributed by atoms with Gasteiger partial charge in [0.2, 0.25) is 0 Å². The van der Waals surface area contributed by atoms with E-state index in [4.69, 9.17) is 5.73 Å². The summed E-state index contributed by atoms with van der Waals surface area (Å²) >= 11 is 0. The number of nitrogens with one attached hydrogen (secondary N) is 1. The van der Waals surface area contributed by atoms with Gasteiger partial charge in [-0.15, -0.1) is 0 Å². The van der Waals surface area contributed by atoms with Gasteiger partial charge in [0.15, 0.2) is 0 Å². The maximum absolute atomic E-state index is 6.20. The van der Waals surface area contributed by atoms with Gasteiger partial charge in [-0.25, -0.2) is 0 Å². The van der Waals surface area contributed by atoms with Crippen molar-refractivity contribution < 1.29 is 0 Å². The molecule has 0 amide bonds. The third-order valence-electron chi connectivity index (χ3n) is 3.83. The van der Waals surface area contributed by atoms with Crippen molar-refractivity contribution in [2.75, 3.05) is 6.54 Å². The zero-order chi connectivity index (χ0) is 12.3. The second kappa shape index (κ2) is 5.65. The third-order valence-corrected chi connectivity index (χ3v) is 3.83. The predicted molar refractivity (Wildman–Crippen MR) is 72.9 cm³/mol. The van der Waals surface area contributed by atoms with E-state index in [2.05, 4.69) is 43.4 Å². The van der Waals surface area contributed by atoms with Crippen LogP contribution in [0.25, 0.3) is 0 Å². The van der Waals surface area contributed by atoms with Crippen LogP contribution < -0.4 is 11.1 Å². The summed E-state index contributed by atoms with van der Waals surface area (Å²) in [6.07, 6.45) is 3.97. The molecule has 0 heterocycles. The third kappa shape index (κ3) is 3.55. The average Bonchev–Trinajstić information content (AvgIpc) is 2.73. The number of hydrogen-bond donors (Lipinski definition) is 2. The van der Waals surface area contributed by atoms with E-state index < -0.39 is 0 Å². The van der Waals surface area contributed by atoms with Crippen LogP contribution in [-0.2, 0) is 0 Å². The van der Waals surface area contributed by atoms with Gasteiger partial charge in [0.25, 0.3) is 0 Å². The second-order valence-electron chi connectivity index (χ2n) is 5.54. The Balaban J connectivity index is 1.81. The summed E-state index contributed by atoms with van der Waals surface area (Å²) in [6, 6.07) is 9.34. The van der Waals surface area contributed by atoms with E-state index in [1.807, 2.05) is 0 Å². The lowest BCUT2D eigenvalue weighted by molar-refractivity contribution is 0.478. The van der Waals surface area contributed by atoms with Crippen LogP contribution in [0.1, 0.15) is 43.4 Å². The molecule has 2 rings (SSSR count). The number of rotatable bonds is 4. The fraction of sp³-hybridized carbons (Fsp3) is 0.600. The van der Waals surface area contributed by atoms with Gasteiger partial charge in [-0.3, -0.25) is 0 Å². The first-order valence-corrected chi connectivity index (χ1v) is 6.70. The monoisotopic (exact) mass is 232 g/mol. The smallest absolute Gasteiger partial charge is 0.0421 e. The van der Waals surface area contributed by atoms with Gasteiger partial charge in [-0.1, -0.05) is 36.8 Å². The maximum atomic E-state index is 6.20. The molecule has 3 atom stereocenters. The SMILES string of the molecule is Cc1ccc(C(N)CNC2CCC(C)C2)cc1. The van der Waals surface area contributed by atoms with Crippen LogP contribution >= 0.6 is 0 Å². The van der Waals surface area contributed by atoms with Crippen LogP contribution in [0.15, 0.2) is 24.3 Å². The van der Waals surface area contributed by atoms with Gasteiger partial charge in [-0.05, 0) is 37.7 Å². The van der Waals surface area contributed by atoms with Crippen LogP contribution in [0.2, 0.25) is 0 Å². The average molecular weight is 232 g/mol. The molecule has 1 aromatic rings. The van der Waals surface area contributed by atoms with Gasteiger partial charge in [-0.2, -0.15) is 0 Å². The lowest BCUT2D eigenvalue weighted by Gasteiger charge is -2.17. The molecule has 3 N–H and O–H groups in total. The van der Waals surface area contributed by atoms with E-state index in [0.717, 1.165) is 12.5 Å². The molecule has 17 heavy (non-hydrogen) atoms. The molecule has 0 spiro atoms. The van der Waals surface area contributed by atoms with E-state index in [9.17, 15) is 0 Å². The molecule has 1 saturated carbocycles. The van der Waals surface area contributed by atoms with Crippen molar-refractivity contribution >= 4 is 0 Å². The number of aryl methyl sites for hydroxylation is 1. The number of nitrogens with two attached hydrogens (primary N) is 1. The summed E-state index contributed by atoms with van der Waals surface area (Å²) in [5, 5.41) is 3.60. The topological polar surface area (TPSA) is 38.0 Å². The van der Waals surface area contributed by atoms with E-state index in [-0.39, 0.29) is 6.04 Å². The molecule has 1 fully saturated rings. The highest BCUT2D eigenvalue weighted by molar-refractivity contribution is 5.24. The number of benzene rings is 1. The van der Waals surface area contributed by atoms with Crippen LogP contribution in [0.4, 0.5) is 0 Å². The zero-order valence-electron chi connectivity index (χ0n) is 10.9. The molecule has 2 nitrogen and oxygen atoms in total. The summed E-state index contributed by atoms with van der Waals surface area (Å²) in [6.45, 7) is 5.33. The Hall–Kier alpha value is -0.860. The highest BCUT2D eigenvalue weighted by atomic mass is 14.9. The van der Waals surface area contributed by atoms with Crippen LogP contribution in [0.3, 0.4) is 0 Å². The Kier molecular flexibility index (Phi) is 4.19. The van der Waals surface area contributed by atoms with Gasteiger partial charge >= 0.3 is 0 Å². The normalized spacial score (nSPS) is 26.1. The molecular formula is C15H24N2. The minimum absolute atomic E-state index is 0.117. The summed E-state index contributed by atoms with van der Waals surface area (Å²) in [5.74, 6) is 0.878. The molecule has 3 unspecified atom stereocenters. The molecule has 1 aliphatic carbocycles. The van der Waals surface area contributed by atoms with Crippen molar-refractivity contribution in [1.82, 2.24) is 5.32 Å². The van der Waals surface area contributed by atoms with Crippen LogP contribution in [0, 0.1) is 12.8 Å². The summed E-state index contributed by atoms with van der Waals surface area (Å²) in [7, 11) is 0. The predicted octanol–water partition coefficient (Wildman–Crippen LogP) is 2.77. The van der Waals surface area contributed by atoms with E-state index in [1.165, 1.54) is 30.4 Å². The lowest BCUT2D eigenvalue weighted by Crippen LogP contribution is -2.33. The maximum Gasteiger partial charge on any atom is 0.0421 e. The molecule has 0 bridgehead atoms. The zero-order valence-corrected chi connectivity index (χ0v) is 10.9. The molecule has 94 valence electrons. The van der Waals surface area contributed by atoms with Crippen molar-refractivity contribution in [3.05, 3.63) is 35.4 Å². The first-order chi connectivity index (χ1) is 8.15. The molecule has 0 aliphatic heterocycles. The largest absolute Gasteiger partial charge is 0.323 e. The molecule has 0 aromatic heterocycles. The van der Waals surface area contributed by atoms with Crippen molar-refractivity contribution in [2.45, 2.75) is 45.2 Å². The Bertz CT molecular complexity index is 344. The fourth-order valence-electron chi connectivity index (χ4n) is 2.62. The highest BCUT2D eigenvalue weighted by Crippen LogP contribution is 2.24. The van der Waals surface area contributed by atoms with Crippen molar-refractivity contribution in [3.63, 3.8) is 0 Å². The van der Waals surface area contributed by atoms with Crippen LogP contribution in [0.5, 0.6) is 0 Å². The van der Waals surface area contributed by atoms with Crippen molar-refractivity contribution in [2.24, 2.45) is 11.7 Å². The Morgan fingerprint density at radius 3 is 2.59 bits per heavy atom. The molecule has 0 radical (unpaired) electrons. The summed E-state index contributed by atoms with van der Waals surface area (Å²) in [5.41, 5.74) is 8.72.